The first-order valence-electron chi connectivity index (χ1n) is 6.27. The van der Waals surface area contributed by atoms with Gasteiger partial charge in [0.05, 0.1) is 11.4 Å². The van der Waals surface area contributed by atoms with Crippen LogP contribution in [0.2, 0.25) is 0 Å². The first-order valence-corrected chi connectivity index (χ1v) is 6.27. The molecule has 2 N–H and O–H groups in total. The standard InChI is InChI=1S/C15H11N5/c16-12-6-2-1-5-11(12)13-8-10-4-3-7-14-17-9-18-15(19-13)20(10)14/h1-9H,16H2. The molecule has 3 aliphatic rings. The maximum absolute atomic E-state index is 6.03. The second-order valence-electron chi connectivity index (χ2n) is 4.55. The highest BCUT2D eigenvalue weighted by molar-refractivity contribution is 6.19. The highest BCUT2D eigenvalue weighted by atomic mass is 15.4. The Balaban J connectivity index is 1.89. The number of nitrogens with two attached hydrogens (primary N) is 1. The Morgan fingerprint density at radius 1 is 1.15 bits per heavy atom. The van der Waals surface area contributed by atoms with E-state index in [9.17, 15) is 0 Å². The summed E-state index contributed by atoms with van der Waals surface area (Å²) >= 11 is 0. The van der Waals surface area contributed by atoms with Crippen LogP contribution in [0.25, 0.3) is 0 Å². The average Bonchev–Trinajstić information content (AvgIpc) is 2.48. The third-order valence-electron chi connectivity index (χ3n) is 3.30. The number of hydrogen-bond acceptors (Lipinski definition) is 5. The lowest BCUT2D eigenvalue weighted by molar-refractivity contribution is 0.619. The summed E-state index contributed by atoms with van der Waals surface area (Å²) in [5.41, 5.74) is 9.45. The highest BCUT2D eigenvalue weighted by Crippen LogP contribution is 2.28. The number of guanidine groups is 1. The summed E-state index contributed by atoms with van der Waals surface area (Å²) in [5.74, 6) is 1.44. The number of anilines is 1. The van der Waals surface area contributed by atoms with Crippen molar-refractivity contribution in [3.05, 3.63) is 65.7 Å². The molecule has 3 aliphatic heterocycles. The van der Waals surface area contributed by atoms with Gasteiger partial charge in [-0.1, -0.05) is 24.3 Å². The predicted octanol–water partition coefficient (Wildman–Crippen LogP) is 2.07. The van der Waals surface area contributed by atoms with Crippen molar-refractivity contribution in [2.75, 3.05) is 5.73 Å². The molecule has 4 rings (SSSR count). The lowest BCUT2D eigenvalue weighted by atomic mass is 10.0. The molecular formula is C15H11N5. The lowest BCUT2D eigenvalue weighted by Crippen LogP contribution is -2.34. The molecule has 96 valence electrons. The van der Waals surface area contributed by atoms with Gasteiger partial charge >= 0.3 is 0 Å². The fourth-order valence-corrected chi connectivity index (χ4v) is 2.37. The lowest BCUT2D eigenvalue weighted by Gasteiger charge is -2.31. The van der Waals surface area contributed by atoms with Crippen LogP contribution < -0.4 is 5.73 Å². The van der Waals surface area contributed by atoms with E-state index < -0.39 is 0 Å². The highest BCUT2D eigenvalue weighted by Gasteiger charge is 2.27. The quantitative estimate of drug-likeness (QED) is 0.786. The van der Waals surface area contributed by atoms with E-state index in [2.05, 4.69) is 15.0 Å². The molecule has 0 bridgehead atoms. The van der Waals surface area contributed by atoms with Crippen molar-refractivity contribution >= 4 is 23.7 Å². The molecule has 0 spiro atoms. The summed E-state index contributed by atoms with van der Waals surface area (Å²) in [6, 6.07) is 7.69. The van der Waals surface area contributed by atoms with Gasteiger partial charge in [-0.2, -0.15) is 0 Å². The Bertz CT molecular complexity index is 775. The summed E-state index contributed by atoms with van der Waals surface area (Å²) in [6.45, 7) is 0. The van der Waals surface area contributed by atoms with E-state index in [1.165, 1.54) is 6.34 Å². The van der Waals surface area contributed by atoms with Crippen molar-refractivity contribution < 1.29 is 0 Å². The van der Waals surface area contributed by atoms with Crippen molar-refractivity contribution in [2.24, 2.45) is 15.0 Å². The summed E-state index contributed by atoms with van der Waals surface area (Å²) in [7, 11) is 0. The zero-order valence-electron chi connectivity index (χ0n) is 10.6. The number of aliphatic imine (C=N–C) groups is 3. The smallest absolute Gasteiger partial charge is 0.237 e. The van der Waals surface area contributed by atoms with Gasteiger partial charge in [-0.15, -0.1) is 0 Å². The minimum atomic E-state index is 0.617. The van der Waals surface area contributed by atoms with E-state index in [1.807, 2.05) is 53.5 Å². The first-order chi connectivity index (χ1) is 9.83. The summed E-state index contributed by atoms with van der Waals surface area (Å²) in [6.07, 6.45) is 9.42. The largest absolute Gasteiger partial charge is 0.398 e. The Morgan fingerprint density at radius 2 is 2.05 bits per heavy atom. The van der Waals surface area contributed by atoms with Crippen LogP contribution in [-0.2, 0) is 0 Å². The van der Waals surface area contributed by atoms with E-state index in [-0.39, 0.29) is 0 Å². The van der Waals surface area contributed by atoms with Crippen LogP contribution >= 0.6 is 0 Å². The van der Waals surface area contributed by atoms with E-state index in [4.69, 9.17) is 5.73 Å². The van der Waals surface area contributed by atoms with Crippen molar-refractivity contribution in [3.8, 4) is 0 Å². The first kappa shape index (κ1) is 10.9. The van der Waals surface area contributed by atoms with Crippen molar-refractivity contribution in [2.45, 2.75) is 0 Å². The van der Waals surface area contributed by atoms with Crippen LogP contribution in [0.3, 0.4) is 0 Å². The molecule has 0 aliphatic carbocycles. The SMILES string of the molecule is Nc1ccccc1C1=NC2=NC=NC3=CC=CC(=C1)N32. The molecule has 0 unspecified atom stereocenters. The Kier molecular flexibility index (Phi) is 2.20. The Morgan fingerprint density at radius 3 is 2.95 bits per heavy atom. The molecule has 5 heteroatoms. The van der Waals surface area contributed by atoms with E-state index >= 15 is 0 Å². The van der Waals surface area contributed by atoms with Crippen molar-refractivity contribution in [1.82, 2.24) is 4.90 Å². The molecule has 0 amide bonds. The van der Waals surface area contributed by atoms with Gasteiger partial charge in [0.1, 0.15) is 12.2 Å². The number of nitrogen functional groups attached to an aromatic ring is 1. The molecular weight excluding hydrogens is 250 g/mol. The Hall–Kier alpha value is -2.95. The summed E-state index contributed by atoms with van der Waals surface area (Å²) < 4.78 is 0. The predicted molar refractivity (Wildman–Crippen MR) is 80.5 cm³/mol. The minimum Gasteiger partial charge on any atom is -0.398 e. The molecule has 0 radical (unpaired) electrons. The van der Waals surface area contributed by atoms with Gasteiger partial charge in [-0.25, -0.2) is 15.0 Å². The third kappa shape index (κ3) is 1.53. The van der Waals surface area contributed by atoms with Crippen LogP contribution in [0.1, 0.15) is 5.56 Å². The van der Waals surface area contributed by atoms with Crippen molar-refractivity contribution in [1.29, 1.82) is 0 Å². The van der Waals surface area contributed by atoms with Gasteiger partial charge in [0.15, 0.2) is 0 Å². The van der Waals surface area contributed by atoms with Crippen molar-refractivity contribution in [3.63, 3.8) is 0 Å². The molecule has 3 heterocycles. The second-order valence-corrected chi connectivity index (χ2v) is 4.55. The maximum atomic E-state index is 6.03. The molecule has 0 saturated heterocycles. The van der Waals surface area contributed by atoms with Crippen LogP contribution in [0.4, 0.5) is 5.69 Å². The third-order valence-corrected chi connectivity index (χ3v) is 3.30. The monoisotopic (exact) mass is 261 g/mol. The Labute approximate surface area is 115 Å². The molecule has 0 fully saturated rings. The van der Waals surface area contributed by atoms with Crippen LogP contribution in [0, 0.1) is 0 Å². The van der Waals surface area contributed by atoms with Gasteiger partial charge in [0.2, 0.25) is 5.96 Å². The van der Waals surface area contributed by atoms with Crippen LogP contribution in [0.15, 0.2) is 75.1 Å². The molecule has 1 aromatic rings. The number of rotatable bonds is 1. The number of nitrogens with zero attached hydrogens (tertiary/aromatic N) is 4. The number of hydrogen-bond donors (Lipinski definition) is 1. The molecule has 0 saturated carbocycles. The molecule has 0 aromatic heterocycles. The van der Waals surface area contributed by atoms with Crippen LogP contribution in [-0.4, -0.2) is 22.9 Å². The van der Waals surface area contributed by atoms with Gasteiger partial charge in [-0.3, -0.25) is 4.90 Å². The second kappa shape index (κ2) is 4.03. The summed E-state index contributed by atoms with van der Waals surface area (Å²) in [5, 5.41) is 0. The number of allylic oxidation sites excluding steroid dienone is 4. The van der Waals surface area contributed by atoms with E-state index in [1.54, 1.807) is 0 Å². The van der Waals surface area contributed by atoms with Gasteiger partial charge in [0, 0.05) is 11.3 Å². The zero-order chi connectivity index (χ0) is 13.5. The molecule has 5 nitrogen and oxygen atoms in total. The molecule has 0 atom stereocenters. The van der Waals surface area contributed by atoms with Gasteiger partial charge in [-0.05, 0) is 24.3 Å². The minimum absolute atomic E-state index is 0.617. The van der Waals surface area contributed by atoms with E-state index in [0.717, 1.165) is 22.8 Å². The fraction of sp³-hybridized carbons (Fsp3) is 0. The van der Waals surface area contributed by atoms with Crippen LogP contribution in [0.5, 0.6) is 0 Å². The number of benzene rings is 1. The zero-order valence-corrected chi connectivity index (χ0v) is 10.6. The van der Waals surface area contributed by atoms with Gasteiger partial charge < -0.3 is 5.73 Å². The maximum Gasteiger partial charge on any atom is 0.237 e. The molecule has 20 heavy (non-hydrogen) atoms. The van der Waals surface area contributed by atoms with Gasteiger partial charge in [0.25, 0.3) is 0 Å². The van der Waals surface area contributed by atoms with E-state index in [0.29, 0.717) is 11.6 Å². The summed E-state index contributed by atoms with van der Waals surface area (Å²) in [4.78, 5) is 15.0. The normalized spacial score (nSPS) is 18.9. The average molecular weight is 261 g/mol. The topological polar surface area (TPSA) is 66.3 Å². The molecule has 1 aromatic carbocycles. The fourth-order valence-electron chi connectivity index (χ4n) is 2.37. The number of para-hydroxylation sites is 1.